The van der Waals surface area contributed by atoms with E-state index < -0.39 is 6.04 Å². The summed E-state index contributed by atoms with van der Waals surface area (Å²) in [6, 6.07) is -0.473. The van der Waals surface area contributed by atoms with E-state index in [1.165, 1.54) is 0 Å². The van der Waals surface area contributed by atoms with Gasteiger partial charge >= 0.3 is 0 Å². The number of rotatable bonds is 5. The van der Waals surface area contributed by atoms with Crippen molar-refractivity contribution in [1.29, 1.82) is 0 Å². The first-order chi connectivity index (χ1) is 10.9. The fourth-order valence-corrected chi connectivity index (χ4v) is 4.47. The lowest BCUT2D eigenvalue weighted by atomic mass is 9.69. The number of hydrogen-bond acceptors (Lipinski definition) is 2. The number of hydrogen-bond donors (Lipinski definition) is 1. The van der Waals surface area contributed by atoms with E-state index in [0.717, 1.165) is 38.5 Å². The summed E-state index contributed by atoms with van der Waals surface area (Å²) in [5.74, 6) is 0.219. The lowest BCUT2D eigenvalue weighted by Crippen LogP contribution is -2.58. The summed E-state index contributed by atoms with van der Waals surface area (Å²) >= 11 is 0. The van der Waals surface area contributed by atoms with Crippen molar-refractivity contribution in [3.05, 3.63) is 12.7 Å². The average molecular weight is 359 g/mol. The molecule has 0 aromatic heterocycles. The first-order valence-corrected chi connectivity index (χ1v) is 9.15. The van der Waals surface area contributed by atoms with Crippen molar-refractivity contribution >= 4 is 11.8 Å². The first kappa shape index (κ1) is 25.9. The van der Waals surface area contributed by atoms with Crippen LogP contribution in [0.15, 0.2) is 12.7 Å². The molecule has 2 rings (SSSR count). The van der Waals surface area contributed by atoms with Crippen LogP contribution >= 0.6 is 0 Å². The summed E-state index contributed by atoms with van der Waals surface area (Å²) in [5, 5.41) is 0. The van der Waals surface area contributed by atoms with Gasteiger partial charge in [-0.2, -0.15) is 0 Å². The van der Waals surface area contributed by atoms with Crippen LogP contribution < -0.4 is 5.73 Å². The first-order valence-electron chi connectivity index (χ1n) is 9.15. The predicted octanol–water partition coefficient (Wildman–Crippen LogP) is 3.56. The van der Waals surface area contributed by atoms with Crippen LogP contribution in [0.2, 0.25) is 0 Å². The molecule has 0 bridgehead atoms. The predicted molar refractivity (Wildman–Crippen MR) is 107 cm³/mol. The van der Waals surface area contributed by atoms with Gasteiger partial charge in [-0.3, -0.25) is 9.59 Å². The molecule has 25 heavy (non-hydrogen) atoms. The van der Waals surface area contributed by atoms with E-state index >= 15 is 0 Å². The van der Waals surface area contributed by atoms with Crippen molar-refractivity contribution in [2.75, 3.05) is 6.54 Å². The zero-order chi connectivity index (χ0) is 17.6. The molecule has 0 radical (unpaired) electrons. The molecule has 5 nitrogen and oxygen atoms in total. The Morgan fingerprint density at radius 3 is 2.44 bits per heavy atom. The molecule has 1 saturated carbocycles. The van der Waals surface area contributed by atoms with Crippen LogP contribution in [-0.4, -0.2) is 34.8 Å². The van der Waals surface area contributed by atoms with Gasteiger partial charge in [0.05, 0.1) is 5.41 Å². The Morgan fingerprint density at radius 2 is 1.96 bits per heavy atom. The van der Waals surface area contributed by atoms with Crippen LogP contribution in [0, 0.1) is 17.3 Å². The molecular formula is C20H42N2O3. The highest BCUT2D eigenvalue weighted by Crippen LogP contribution is 2.51. The summed E-state index contributed by atoms with van der Waals surface area (Å²) in [4.78, 5) is 26.8. The standard InChI is InChI=1S/C17H28N2O2.C2H6.CH4.H2O.H2/c1-4-7-13-8-5-9-17(13)10-6-11-19(16(17)21)14(12(2)3)15(18)20;1-2;;;/h4,12-14H,1,5-11H2,2-3H3,(H2,18,20);1-2H3;1H4;1H2;1H/t13?,14-,17+;;;;/m0..../s1. The van der Waals surface area contributed by atoms with Gasteiger partial charge in [-0.1, -0.05) is 47.6 Å². The Hall–Kier alpha value is -1.36. The molecule has 1 unspecified atom stereocenters. The molecule has 3 atom stereocenters. The molecule has 1 saturated heterocycles. The number of carbonyl (C=O) groups excluding carboxylic acids is 2. The van der Waals surface area contributed by atoms with Gasteiger partial charge in [-0.25, -0.2) is 0 Å². The highest BCUT2D eigenvalue weighted by molar-refractivity contribution is 5.90. The molecule has 4 N–H and O–H groups in total. The number of piperidine rings is 1. The summed E-state index contributed by atoms with van der Waals surface area (Å²) < 4.78 is 0. The smallest absolute Gasteiger partial charge is 0.240 e. The number of nitrogens with two attached hydrogens (primary N) is 1. The monoisotopic (exact) mass is 358 g/mol. The fraction of sp³-hybridized carbons (Fsp3) is 0.800. The Labute approximate surface area is 155 Å². The lowest BCUT2D eigenvalue weighted by molar-refractivity contribution is -0.156. The Bertz CT molecular complexity index is 443. The van der Waals surface area contributed by atoms with Crippen molar-refractivity contribution in [3.63, 3.8) is 0 Å². The van der Waals surface area contributed by atoms with Gasteiger partial charge in [-0.05, 0) is 43.9 Å². The van der Waals surface area contributed by atoms with Crippen LogP contribution in [0.25, 0.3) is 0 Å². The van der Waals surface area contributed by atoms with E-state index in [9.17, 15) is 9.59 Å². The van der Waals surface area contributed by atoms with E-state index in [1.54, 1.807) is 4.90 Å². The largest absolute Gasteiger partial charge is 0.412 e. The lowest BCUT2D eigenvalue weighted by Gasteiger charge is -2.46. The maximum absolute atomic E-state index is 13.2. The zero-order valence-corrected chi connectivity index (χ0v) is 15.8. The van der Waals surface area contributed by atoms with E-state index in [0.29, 0.717) is 12.5 Å². The molecule has 1 aliphatic heterocycles. The maximum Gasteiger partial charge on any atom is 0.240 e. The second kappa shape index (κ2) is 11.3. The van der Waals surface area contributed by atoms with Crippen LogP contribution in [-0.2, 0) is 9.59 Å². The van der Waals surface area contributed by atoms with Crippen molar-refractivity contribution in [2.45, 2.75) is 79.7 Å². The summed E-state index contributed by atoms with van der Waals surface area (Å²) in [6.45, 7) is 12.4. The summed E-state index contributed by atoms with van der Waals surface area (Å²) in [7, 11) is 0. The quantitative estimate of drug-likeness (QED) is 0.760. The Morgan fingerprint density at radius 1 is 1.40 bits per heavy atom. The van der Waals surface area contributed by atoms with Crippen molar-refractivity contribution < 1.29 is 16.5 Å². The molecule has 2 fully saturated rings. The molecule has 1 heterocycles. The number of likely N-dealkylation sites (tertiary alicyclic amines) is 1. The molecule has 5 heteroatoms. The van der Waals surface area contributed by atoms with Crippen LogP contribution in [0.4, 0.5) is 0 Å². The molecule has 2 amide bonds. The minimum absolute atomic E-state index is 0. The van der Waals surface area contributed by atoms with Gasteiger partial charge in [0, 0.05) is 7.97 Å². The van der Waals surface area contributed by atoms with E-state index in [-0.39, 0.29) is 37.5 Å². The topological polar surface area (TPSA) is 94.9 Å². The molecule has 1 aliphatic carbocycles. The van der Waals surface area contributed by atoms with Gasteiger partial charge < -0.3 is 16.1 Å². The third-order valence-electron chi connectivity index (χ3n) is 5.38. The maximum atomic E-state index is 13.2. The fourth-order valence-electron chi connectivity index (χ4n) is 4.47. The van der Waals surface area contributed by atoms with Crippen LogP contribution in [0.3, 0.4) is 0 Å². The minimum Gasteiger partial charge on any atom is -0.412 e. The van der Waals surface area contributed by atoms with E-state index in [2.05, 4.69) is 6.58 Å². The third-order valence-corrected chi connectivity index (χ3v) is 5.38. The number of carbonyl (C=O) groups is 2. The Balaban J connectivity index is -0.00000102. The summed E-state index contributed by atoms with van der Waals surface area (Å²) in [6.07, 6.45) is 7.88. The van der Waals surface area contributed by atoms with E-state index in [1.807, 2.05) is 33.8 Å². The highest BCUT2D eigenvalue weighted by Gasteiger charge is 2.53. The van der Waals surface area contributed by atoms with Crippen LogP contribution in [0.5, 0.6) is 0 Å². The van der Waals surface area contributed by atoms with Crippen molar-refractivity contribution in [3.8, 4) is 0 Å². The average Bonchev–Trinajstić information content (AvgIpc) is 2.89. The number of primary amides is 1. The summed E-state index contributed by atoms with van der Waals surface area (Å²) in [5.41, 5.74) is 5.29. The van der Waals surface area contributed by atoms with Gasteiger partial charge in [0.2, 0.25) is 11.8 Å². The SMILES string of the molecule is C.C=CCC1CCC[C@@]12CCCN([C@H](C(N)=O)C(C)C)C2=O.CC.O.[HH]. The number of nitrogens with zero attached hydrogens (tertiary/aromatic N) is 1. The van der Waals surface area contributed by atoms with Gasteiger partial charge in [-0.15, -0.1) is 6.58 Å². The molecule has 150 valence electrons. The third kappa shape index (κ3) is 5.06. The highest BCUT2D eigenvalue weighted by atomic mass is 16.2. The second-order valence-corrected chi connectivity index (χ2v) is 6.96. The number of allylic oxidation sites excluding steroid dienone is 1. The number of amides is 2. The Kier molecular flexibility index (Phi) is 11.7. The van der Waals surface area contributed by atoms with Gasteiger partial charge in [0.15, 0.2) is 0 Å². The minimum atomic E-state index is -0.473. The normalized spacial score (nSPS) is 26.2. The van der Waals surface area contributed by atoms with E-state index in [4.69, 9.17) is 5.73 Å². The van der Waals surface area contributed by atoms with Crippen LogP contribution in [0.1, 0.15) is 75.1 Å². The molecule has 0 aromatic carbocycles. The molecule has 2 aliphatic rings. The second-order valence-electron chi connectivity index (χ2n) is 6.96. The van der Waals surface area contributed by atoms with Crippen molar-refractivity contribution in [2.24, 2.45) is 23.0 Å². The zero-order valence-electron chi connectivity index (χ0n) is 15.8. The van der Waals surface area contributed by atoms with Gasteiger partial charge in [0.25, 0.3) is 0 Å². The van der Waals surface area contributed by atoms with Crippen molar-refractivity contribution in [1.82, 2.24) is 4.90 Å². The molecule has 1 spiro atoms. The molecular weight excluding hydrogens is 316 g/mol. The molecule has 0 aromatic rings. The van der Waals surface area contributed by atoms with Gasteiger partial charge in [0.1, 0.15) is 6.04 Å².